The van der Waals surface area contributed by atoms with Crippen LogP contribution in [0.3, 0.4) is 0 Å². The number of carbonyl (C=O) groups is 2. The Kier molecular flexibility index (Phi) is 3.15. The maximum Gasteiger partial charge on any atom is 0.308 e. The van der Waals surface area contributed by atoms with Gasteiger partial charge in [0.1, 0.15) is 0 Å². The van der Waals surface area contributed by atoms with E-state index in [0.717, 1.165) is 10.2 Å². The fourth-order valence-corrected chi connectivity index (χ4v) is 2.10. The van der Waals surface area contributed by atoms with Crippen molar-refractivity contribution in [2.24, 2.45) is 5.92 Å². The molecule has 17 heavy (non-hydrogen) atoms. The zero-order valence-electron chi connectivity index (χ0n) is 9.18. The van der Waals surface area contributed by atoms with Gasteiger partial charge in [-0.3, -0.25) is 14.6 Å². The van der Waals surface area contributed by atoms with E-state index in [2.05, 4.69) is 20.9 Å². The van der Waals surface area contributed by atoms with Crippen LogP contribution in [0.1, 0.15) is 12.1 Å². The molecule has 1 aromatic heterocycles. The smallest absolute Gasteiger partial charge is 0.308 e. The molecule has 1 saturated heterocycles. The molecule has 0 aliphatic carbocycles. The summed E-state index contributed by atoms with van der Waals surface area (Å²) in [6.45, 7) is 2.06. The number of amides is 1. The van der Waals surface area contributed by atoms with Gasteiger partial charge >= 0.3 is 5.97 Å². The monoisotopic (exact) mass is 298 g/mol. The molecule has 1 aliphatic heterocycles. The molecular formula is C11H11BrN2O3. The maximum absolute atomic E-state index is 11.7. The van der Waals surface area contributed by atoms with E-state index in [0.29, 0.717) is 5.69 Å². The highest BCUT2D eigenvalue weighted by Crippen LogP contribution is 2.27. The number of hydrogen-bond donors (Lipinski definition) is 1. The van der Waals surface area contributed by atoms with Crippen LogP contribution in [-0.4, -0.2) is 28.5 Å². The summed E-state index contributed by atoms with van der Waals surface area (Å²) < 4.78 is 0.807. The fraction of sp³-hybridized carbons (Fsp3) is 0.364. The lowest BCUT2D eigenvalue weighted by Crippen LogP contribution is -2.25. The van der Waals surface area contributed by atoms with Crippen molar-refractivity contribution < 1.29 is 14.7 Å². The lowest BCUT2D eigenvalue weighted by atomic mass is 10.1. The Hall–Kier alpha value is -1.43. The van der Waals surface area contributed by atoms with Gasteiger partial charge in [-0.1, -0.05) is 0 Å². The summed E-state index contributed by atoms with van der Waals surface area (Å²) in [5, 5.41) is 8.89. The van der Waals surface area contributed by atoms with Crippen LogP contribution in [0.4, 0.5) is 5.69 Å². The van der Waals surface area contributed by atoms with Gasteiger partial charge in [-0.2, -0.15) is 0 Å². The van der Waals surface area contributed by atoms with E-state index in [1.807, 2.05) is 6.92 Å². The van der Waals surface area contributed by atoms with Crippen LogP contribution in [0.2, 0.25) is 0 Å². The van der Waals surface area contributed by atoms with Crippen molar-refractivity contribution in [3.05, 3.63) is 22.4 Å². The van der Waals surface area contributed by atoms with Gasteiger partial charge in [0.05, 0.1) is 23.5 Å². The predicted octanol–water partition coefficient (Wildman–Crippen LogP) is 1.59. The Morgan fingerprint density at radius 3 is 2.88 bits per heavy atom. The van der Waals surface area contributed by atoms with E-state index in [-0.39, 0.29) is 18.9 Å². The van der Waals surface area contributed by atoms with Gasteiger partial charge in [0, 0.05) is 17.4 Å². The number of carboxylic acids is 1. The lowest BCUT2D eigenvalue weighted by Gasteiger charge is -2.16. The number of nitrogens with zero attached hydrogens (tertiary/aromatic N) is 2. The minimum Gasteiger partial charge on any atom is -0.481 e. The summed E-state index contributed by atoms with van der Waals surface area (Å²) in [6, 6.07) is 1.78. The van der Waals surface area contributed by atoms with E-state index in [1.165, 1.54) is 4.90 Å². The number of aromatic nitrogens is 1. The van der Waals surface area contributed by atoms with Crippen LogP contribution in [-0.2, 0) is 9.59 Å². The molecule has 1 N–H and O–H groups in total. The van der Waals surface area contributed by atoms with Gasteiger partial charge < -0.3 is 10.0 Å². The Morgan fingerprint density at radius 2 is 2.35 bits per heavy atom. The van der Waals surface area contributed by atoms with Crippen LogP contribution in [0.5, 0.6) is 0 Å². The minimum absolute atomic E-state index is 0.0564. The molecule has 1 atom stereocenters. The molecule has 0 aromatic carbocycles. The molecule has 0 bridgehead atoms. The number of anilines is 1. The van der Waals surface area contributed by atoms with Crippen molar-refractivity contribution in [1.29, 1.82) is 0 Å². The number of pyridine rings is 1. The normalized spacial score (nSPS) is 19.8. The number of rotatable bonds is 2. The van der Waals surface area contributed by atoms with E-state index < -0.39 is 11.9 Å². The molecule has 1 fully saturated rings. The molecule has 6 heteroatoms. The second kappa shape index (κ2) is 4.44. The molecule has 0 saturated carbocycles. The first-order valence-corrected chi connectivity index (χ1v) is 5.93. The maximum atomic E-state index is 11.7. The quantitative estimate of drug-likeness (QED) is 0.900. The molecule has 0 radical (unpaired) electrons. The number of hydrogen-bond acceptors (Lipinski definition) is 3. The van der Waals surface area contributed by atoms with Crippen molar-refractivity contribution in [3.8, 4) is 0 Å². The third kappa shape index (κ3) is 2.31. The topological polar surface area (TPSA) is 70.5 Å². The standard InChI is InChI=1S/C11H11BrN2O3/c1-6-9(12)3-8(4-13-6)14-5-7(11(16)17)2-10(14)15/h3-4,7H,2,5H2,1H3,(H,16,17). The number of aryl methyl sites for hydroxylation is 1. The number of aliphatic carboxylic acids is 1. The number of halogens is 1. The number of carboxylic acid groups (broad SMARTS) is 1. The zero-order chi connectivity index (χ0) is 12.6. The molecule has 2 rings (SSSR count). The van der Waals surface area contributed by atoms with E-state index in [9.17, 15) is 9.59 Å². The van der Waals surface area contributed by atoms with Gasteiger partial charge in [-0.05, 0) is 28.9 Å². The number of carbonyl (C=O) groups excluding carboxylic acids is 1. The summed E-state index contributed by atoms with van der Waals surface area (Å²) in [6.07, 6.45) is 1.64. The van der Waals surface area contributed by atoms with Crippen LogP contribution in [0.25, 0.3) is 0 Å². The first-order valence-electron chi connectivity index (χ1n) is 5.14. The minimum atomic E-state index is -0.931. The zero-order valence-corrected chi connectivity index (χ0v) is 10.8. The van der Waals surface area contributed by atoms with Crippen molar-refractivity contribution >= 4 is 33.5 Å². The molecular weight excluding hydrogens is 288 g/mol. The molecule has 0 spiro atoms. The first-order chi connectivity index (χ1) is 7.99. The van der Waals surface area contributed by atoms with Crippen molar-refractivity contribution in [2.75, 3.05) is 11.4 Å². The van der Waals surface area contributed by atoms with Gasteiger partial charge in [-0.15, -0.1) is 0 Å². The Labute approximate surface area is 107 Å². The summed E-state index contributed by atoms with van der Waals surface area (Å²) in [4.78, 5) is 28.2. The van der Waals surface area contributed by atoms with Gasteiger partial charge in [0.25, 0.3) is 0 Å². The Bertz CT molecular complexity index is 490. The largest absolute Gasteiger partial charge is 0.481 e. The predicted molar refractivity (Wildman–Crippen MR) is 64.8 cm³/mol. The molecule has 1 aliphatic rings. The van der Waals surface area contributed by atoms with Gasteiger partial charge in [-0.25, -0.2) is 0 Å². The highest BCUT2D eigenvalue weighted by molar-refractivity contribution is 9.10. The van der Waals surface area contributed by atoms with Crippen molar-refractivity contribution in [1.82, 2.24) is 4.98 Å². The lowest BCUT2D eigenvalue weighted by molar-refractivity contribution is -0.141. The summed E-state index contributed by atoms with van der Waals surface area (Å²) in [5.74, 6) is -1.72. The third-order valence-corrected chi connectivity index (χ3v) is 3.60. The SMILES string of the molecule is Cc1ncc(N2CC(C(=O)O)CC2=O)cc1Br. The second-order valence-electron chi connectivity index (χ2n) is 4.00. The van der Waals surface area contributed by atoms with Crippen LogP contribution < -0.4 is 4.90 Å². The van der Waals surface area contributed by atoms with E-state index in [4.69, 9.17) is 5.11 Å². The van der Waals surface area contributed by atoms with Gasteiger partial charge in [0.15, 0.2) is 0 Å². The molecule has 90 valence electrons. The third-order valence-electron chi connectivity index (χ3n) is 2.80. The molecule has 5 nitrogen and oxygen atoms in total. The van der Waals surface area contributed by atoms with Crippen LogP contribution in [0, 0.1) is 12.8 Å². The van der Waals surface area contributed by atoms with Crippen molar-refractivity contribution in [2.45, 2.75) is 13.3 Å². The molecule has 2 heterocycles. The van der Waals surface area contributed by atoms with Gasteiger partial charge in [0.2, 0.25) is 5.91 Å². The average molecular weight is 299 g/mol. The Morgan fingerprint density at radius 1 is 1.65 bits per heavy atom. The second-order valence-corrected chi connectivity index (χ2v) is 4.86. The van der Waals surface area contributed by atoms with Crippen LogP contribution in [0.15, 0.2) is 16.7 Å². The van der Waals surface area contributed by atoms with E-state index in [1.54, 1.807) is 12.3 Å². The molecule has 1 aromatic rings. The molecule has 1 unspecified atom stereocenters. The Balaban J connectivity index is 2.26. The molecule has 1 amide bonds. The fourth-order valence-electron chi connectivity index (χ4n) is 1.77. The van der Waals surface area contributed by atoms with Crippen LogP contribution >= 0.6 is 15.9 Å². The highest BCUT2D eigenvalue weighted by Gasteiger charge is 2.35. The van der Waals surface area contributed by atoms with Crippen molar-refractivity contribution in [3.63, 3.8) is 0 Å². The summed E-state index contributed by atoms with van der Waals surface area (Å²) >= 11 is 3.34. The summed E-state index contributed by atoms with van der Waals surface area (Å²) in [7, 11) is 0. The highest BCUT2D eigenvalue weighted by atomic mass is 79.9. The first kappa shape index (κ1) is 12.0. The summed E-state index contributed by atoms with van der Waals surface area (Å²) in [5.41, 5.74) is 1.46. The average Bonchev–Trinajstić information content (AvgIpc) is 2.65. The van der Waals surface area contributed by atoms with E-state index >= 15 is 0 Å².